The zero-order valence-corrected chi connectivity index (χ0v) is 15.3. The first-order chi connectivity index (χ1) is 11.4. The second-order valence-electron chi connectivity index (χ2n) is 5.47. The van der Waals surface area contributed by atoms with Crippen LogP contribution in [0.2, 0.25) is 5.02 Å². The standard InChI is InChI=1S/C16H19ClN4O2S/c1-4-5-9(2)15-20-21-16(24-15)19-14(23)12-7-6-11(8-13(12)17)18-10(3)22/h6-9H,4-5H2,1-3H3,(H,18,22)(H,19,21,23). The Morgan fingerprint density at radius 1 is 1.29 bits per heavy atom. The van der Waals surface area contributed by atoms with Crippen molar-refractivity contribution in [1.82, 2.24) is 10.2 Å². The second-order valence-corrected chi connectivity index (χ2v) is 6.88. The minimum atomic E-state index is -0.361. The van der Waals surface area contributed by atoms with Crippen LogP contribution >= 0.6 is 22.9 Å². The number of amides is 2. The fourth-order valence-corrected chi connectivity index (χ4v) is 3.28. The van der Waals surface area contributed by atoms with Gasteiger partial charge in [0.25, 0.3) is 5.91 Å². The van der Waals surface area contributed by atoms with E-state index in [1.54, 1.807) is 12.1 Å². The smallest absolute Gasteiger partial charge is 0.259 e. The van der Waals surface area contributed by atoms with Crippen molar-refractivity contribution in [3.63, 3.8) is 0 Å². The van der Waals surface area contributed by atoms with E-state index in [2.05, 4.69) is 34.7 Å². The Morgan fingerprint density at radius 2 is 2.04 bits per heavy atom. The van der Waals surface area contributed by atoms with E-state index in [1.807, 2.05) is 0 Å². The highest BCUT2D eigenvalue weighted by Crippen LogP contribution is 2.27. The highest BCUT2D eigenvalue weighted by molar-refractivity contribution is 7.15. The number of hydrogen-bond donors (Lipinski definition) is 2. The van der Waals surface area contributed by atoms with Crippen molar-refractivity contribution < 1.29 is 9.59 Å². The summed E-state index contributed by atoms with van der Waals surface area (Å²) in [7, 11) is 0. The van der Waals surface area contributed by atoms with Crippen molar-refractivity contribution in [2.75, 3.05) is 10.6 Å². The van der Waals surface area contributed by atoms with Gasteiger partial charge in [-0.05, 0) is 24.6 Å². The summed E-state index contributed by atoms with van der Waals surface area (Å²) < 4.78 is 0. The number of halogens is 1. The largest absolute Gasteiger partial charge is 0.326 e. The molecule has 2 N–H and O–H groups in total. The third kappa shape index (κ3) is 4.75. The maximum Gasteiger partial charge on any atom is 0.259 e. The summed E-state index contributed by atoms with van der Waals surface area (Å²) in [6.45, 7) is 5.61. The SMILES string of the molecule is CCCC(C)c1nnc(NC(=O)c2ccc(NC(C)=O)cc2Cl)s1. The normalized spacial score (nSPS) is 11.8. The van der Waals surface area contributed by atoms with Crippen LogP contribution in [0.15, 0.2) is 18.2 Å². The van der Waals surface area contributed by atoms with Gasteiger partial charge in [-0.2, -0.15) is 0 Å². The summed E-state index contributed by atoms with van der Waals surface area (Å²) in [5.74, 6) is -0.246. The van der Waals surface area contributed by atoms with Gasteiger partial charge in [0.05, 0.1) is 10.6 Å². The number of carbonyl (C=O) groups excluding carboxylic acids is 2. The van der Waals surface area contributed by atoms with Gasteiger partial charge in [0, 0.05) is 18.5 Å². The lowest BCUT2D eigenvalue weighted by Crippen LogP contribution is -2.13. The molecular formula is C16H19ClN4O2S. The molecule has 1 aromatic heterocycles. The van der Waals surface area contributed by atoms with Crippen molar-refractivity contribution in [2.24, 2.45) is 0 Å². The second kappa shape index (κ2) is 8.21. The molecule has 1 aromatic carbocycles. The van der Waals surface area contributed by atoms with E-state index >= 15 is 0 Å². The minimum absolute atomic E-state index is 0.203. The molecule has 128 valence electrons. The molecule has 0 aliphatic carbocycles. The number of rotatable bonds is 6. The lowest BCUT2D eigenvalue weighted by atomic mass is 10.1. The van der Waals surface area contributed by atoms with Crippen LogP contribution in [0.5, 0.6) is 0 Å². The molecule has 0 fully saturated rings. The number of hydrogen-bond acceptors (Lipinski definition) is 5. The maximum atomic E-state index is 12.3. The molecule has 0 aliphatic rings. The molecule has 8 heteroatoms. The first-order valence-electron chi connectivity index (χ1n) is 7.62. The van der Waals surface area contributed by atoms with Crippen LogP contribution in [0.1, 0.15) is 54.9 Å². The topological polar surface area (TPSA) is 84.0 Å². The van der Waals surface area contributed by atoms with Gasteiger partial charge < -0.3 is 5.32 Å². The predicted molar refractivity (Wildman–Crippen MR) is 96.9 cm³/mol. The monoisotopic (exact) mass is 366 g/mol. The van der Waals surface area contributed by atoms with Gasteiger partial charge in [-0.3, -0.25) is 14.9 Å². The summed E-state index contributed by atoms with van der Waals surface area (Å²) in [6.07, 6.45) is 2.09. The highest BCUT2D eigenvalue weighted by atomic mass is 35.5. The quantitative estimate of drug-likeness (QED) is 0.797. The molecule has 0 bridgehead atoms. The van der Waals surface area contributed by atoms with Crippen LogP contribution in [0.3, 0.4) is 0 Å². The average molecular weight is 367 g/mol. The highest BCUT2D eigenvalue weighted by Gasteiger charge is 2.16. The number of nitrogens with one attached hydrogen (secondary N) is 2. The van der Waals surface area contributed by atoms with E-state index in [-0.39, 0.29) is 16.8 Å². The molecule has 1 atom stereocenters. The third-order valence-electron chi connectivity index (χ3n) is 3.34. The van der Waals surface area contributed by atoms with Gasteiger partial charge in [0.15, 0.2) is 0 Å². The molecule has 0 spiro atoms. The molecule has 2 amide bonds. The van der Waals surface area contributed by atoms with Crippen molar-refractivity contribution in [2.45, 2.75) is 39.5 Å². The Balaban J connectivity index is 2.08. The summed E-state index contributed by atoms with van der Waals surface area (Å²) in [5.41, 5.74) is 0.847. The summed E-state index contributed by atoms with van der Waals surface area (Å²) in [4.78, 5) is 23.4. The number of benzene rings is 1. The van der Waals surface area contributed by atoms with Gasteiger partial charge in [-0.25, -0.2) is 0 Å². The molecular weight excluding hydrogens is 348 g/mol. The van der Waals surface area contributed by atoms with E-state index in [9.17, 15) is 9.59 Å². The first kappa shape index (κ1) is 18.4. The molecule has 0 aliphatic heterocycles. The van der Waals surface area contributed by atoms with Crippen molar-refractivity contribution in [3.05, 3.63) is 33.8 Å². The number of carbonyl (C=O) groups is 2. The fraction of sp³-hybridized carbons (Fsp3) is 0.375. The Morgan fingerprint density at radius 3 is 2.67 bits per heavy atom. The molecule has 6 nitrogen and oxygen atoms in total. The molecule has 0 radical (unpaired) electrons. The van der Waals surface area contributed by atoms with Gasteiger partial charge in [0.1, 0.15) is 5.01 Å². The zero-order chi connectivity index (χ0) is 17.7. The van der Waals surface area contributed by atoms with Crippen LogP contribution < -0.4 is 10.6 Å². The van der Waals surface area contributed by atoms with E-state index in [0.29, 0.717) is 22.3 Å². The Bertz CT molecular complexity index is 747. The van der Waals surface area contributed by atoms with Gasteiger partial charge in [-0.15, -0.1) is 10.2 Å². The summed E-state index contributed by atoms with van der Waals surface area (Å²) >= 11 is 7.49. The summed E-state index contributed by atoms with van der Waals surface area (Å²) in [5, 5.41) is 15.1. The molecule has 2 rings (SSSR count). The lowest BCUT2D eigenvalue weighted by molar-refractivity contribution is -0.114. The Kier molecular flexibility index (Phi) is 6.28. The van der Waals surface area contributed by atoms with E-state index in [0.717, 1.165) is 17.8 Å². The van der Waals surface area contributed by atoms with E-state index in [4.69, 9.17) is 11.6 Å². The van der Waals surface area contributed by atoms with Gasteiger partial charge in [0.2, 0.25) is 11.0 Å². The van der Waals surface area contributed by atoms with Gasteiger partial charge >= 0.3 is 0 Å². The van der Waals surface area contributed by atoms with Crippen molar-refractivity contribution >= 4 is 45.6 Å². The fourth-order valence-electron chi connectivity index (χ4n) is 2.19. The van der Waals surface area contributed by atoms with Crippen LogP contribution in [-0.4, -0.2) is 22.0 Å². The van der Waals surface area contributed by atoms with Crippen molar-refractivity contribution in [3.8, 4) is 0 Å². The van der Waals surface area contributed by atoms with Crippen molar-refractivity contribution in [1.29, 1.82) is 0 Å². The number of nitrogens with zero attached hydrogens (tertiary/aromatic N) is 2. The van der Waals surface area contributed by atoms with E-state index in [1.165, 1.54) is 24.3 Å². The molecule has 1 unspecified atom stereocenters. The third-order valence-corrected chi connectivity index (χ3v) is 4.72. The number of aromatic nitrogens is 2. The molecule has 0 saturated carbocycles. The van der Waals surface area contributed by atoms with Crippen LogP contribution in [0, 0.1) is 0 Å². The predicted octanol–water partition coefficient (Wildman–Crippen LogP) is 4.31. The molecule has 0 saturated heterocycles. The molecule has 24 heavy (non-hydrogen) atoms. The van der Waals surface area contributed by atoms with Gasteiger partial charge in [-0.1, -0.05) is 43.2 Å². The molecule has 1 heterocycles. The minimum Gasteiger partial charge on any atom is -0.326 e. The van der Waals surface area contributed by atoms with E-state index < -0.39 is 0 Å². The Labute approximate surface area is 149 Å². The van der Waals surface area contributed by atoms with Crippen LogP contribution in [-0.2, 0) is 4.79 Å². The molecule has 2 aromatic rings. The zero-order valence-electron chi connectivity index (χ0n) is 13.7. The average Bonchev–Trinajstić information content (AvgIpc) is 2.95. The summed E-state index contributed by atoms with van der Waals surface area (Å²) in [6, 6.07) is 4.72. The first-order valence-corrected chi connectivity index (χ1v) is 8.82. The Hall–Kier alpha value is -1.99. The van der Waals surface area contributed by atoms with Crippen LogP contribution in [0.25, 0.3) is 0 Å². The number of anilines is 2. The lowest BCUT2D eigenvalue weighted by Gasteiger charge is -2.07. The van der Waals surface area contributed by atoms with Crippen LogP contribution in [0.4, 0.5) is 10.8 Å². The maximum absolute atomic E-state index is 12.3.